The lowest BCUT2D eigenvalue weighted by Crippen LogP contribution is -2.33. The summed E-state index contributed by atoms with van der Waals surface area (Å²) in [5.41, 5.74) is 1.21. The number of nitrogens with one attached hydrogen (secondary N) is 1. The van der Waals surface area contributed by atoms with Crippen LogP contribution in [0.25, 0.3) is 0 Å². The number of rotatable bonds is 3. The largest absolute Gasteiger partial charge is 0.349 e. The molecule has 18 heavy (non-hydrogen) atoms. The van der Waals surface area contributed by atoms with Crippen molar-refractivity contribution in [1.82, 2.24) is 5.32 Å². The predicted octanol–water partition coefficient (Wildman–Crippen LogP) is 2.57. The summed E-state index contributed by atoms with van der Waals surface area (Å²) in [7, 11) is 0. The molecule has 1 aliphatic carbocycles. The van der Waals surface area contributed by atoms with Gasteiger partial charge in [-0.25, -0.2) is 0 Å². The van der Waals surface area contributed by atoms with E-state index in [0.717, 1.165) is 12.8 Å². The van der Waals surface area contributed by atoms with Gasteiger partial charge in [-0.2, -0.15) is 17.0 Å². The van der Waals surface area contributed by atoms with Gasteiger partial charge in [0.15, 0.2) is 0 Å². The molecule has 1 aromatic rings. The van der Waals surface area contributed by atoms with Crippen molar-refractivity contribution in [1.29, 1.82) is 5.26 Å². The second kappa shape index (κ2) is 5.92. The van der Waals surface area contributed by atoms with E-state index in [2.05, 4.69) is 11.6 Å². The van der Waals surface area contributed by atoms with E-state index in [1.807, 2.05) is 17.8 Å². The van der Waals surface area contributed by atoms with Gasteiger partial charge in [-0.15, -0.1) is 0 Å². The van der Waals surface area contributed by atoms with Crippen molar-refractivity contribution in [3.05, 3.63) is 35.4 Å². The molecular formula is C14H16N2OS. The number of hydrogen-bond donors (Lipinski definition) is 1. The summed E-state index contributed by atoms with van der Waals surface area (Å²) >= 11 is 1.88. The van der Waals surface area contributed by atoms with Gasteiger partial charge in [0.05, 0.1) is 11.6 Å². The maximum Gasteiger partial charge on any atom is 0.251 e. The highest BCUT2D eigenvalue weighted by Crippen LogP contribution is 2.28. The average molecular weight is 260 g/mol. The molecule has 1 aliphatic rings. The van der Waals surface area contributed by atoms with Crippen LogP contribution < -0.4 is 5.32 Å². The predicted molar refractivity (Wildman–Crippen MR) is 73.6 cm³/mol. The third kappa shape index (κ3) is 3.05. The Bertz CT molecular complexity index is 464. The van der Waals surface area contributed by atoms with Crippen LogP contribution >= 0.6 is 11.8 Å². The van der Waals surface area contributed by atoms with Crippen molar-refractivity contribution in [2.75, 3.05) is 6.26 Å². The highest BCUT2D eigenvalue weighted by Gasteiger charge is 2.25. The van der Waals surface area contributed by atoms with Gasteiger partial charge < -0.3 is 5.32 Å². The van der Waals surface area contributed by atoms with Crippen LogP contribution in [-0.4, -0.2) is 23.5 Å². The summed E-state index contributed by atoms with van der Waals surface area (Å²) in [6.45, 7) is 0. The van der Waals surface area contributed by atoms with E-state index < -0.39 is 0 Å². The minimum absolute atomic E-state index is 0.0359. The highest BCUT2D eigenvalue weighted by atomic mass is 32.2. The van der Waals surface area contributed by atoms with Crippen LogP contribution in [0.5, 0.6) is 0 Å². The molecule has 0 bridgehead atoms. The fraction of sp³-hybridized carbons (Fsp3) is 0.429. The van der Waals surface area contributed by atoms with Crippen molar-refractivity contribution in [3.8, 4) is 6.07 Å². The second-order valence-electron chi connectivity index (χ2n) is 4.53. The summed E-state index contributed by atoms with van der Waals surface area (Å²) in [4.78, 5) is 12.0. The maximum atomic E-state index is 12.0. The zero-order valence-electron chi connectivity index (χ0n) is 10.3. The normalized spacial score (nSPS) is 22.4. The average Bonchev–Trinajstić information content (AvgIpc) is 2.86. The molecule has 0 aliphatic heterocycles. The Morgan fingerprint density at radius 1 is 1.39 bits per heavy atom. The molecule has 0 spiro atoms. The lowest BCUT2D eigenvalue weighted by atomic mass is 10.1. The van der Waals surface area contributed by atoms with E-state index in [-0.39, 0.29) is 5.91 Å². The van der Waals surface area contributed by atoms with Gasteiger partial charge in [-0.1, -0.05) is 0 Å². The van der Waals surface area contributed by atoms with E-state index in [1.54, 1.807) is 24.3 Å². The monoisotopic (exact) mass is 260 g/mol. The smallest absolute Gasteiger partial charge is 0.251 e. The molecule has 1 N–H and O–H groups in total. The van der Waals surface area contributed by atoms with Crippen LogP contribution in [0, 0.1) is 11.3 Å². The first-order valence-corrected chi connectivity index (χ1v) is 7.35. The van der Waals surface area contributed by atoms with Gasteiger partial charge in [0.1, 0.15) is 0 Å². The number of nitrogens with zero attached hydrogens (tertiary/aromatic N) is 1. The summed E-state index contributed by atoms with van der Waals surface area (Å²) in [5.74, 6) is -0.0359. The maximum absolute atomic E-state index is 12.0. The van der Waals surface area contributed by atoms with Gasteiger partial charge in [-0.3, -0.25) is 4.79 Å². The van der Waals surface area contributed by atoms with E-state index in [0.29, 0.717) is 22.4 Å². The standard InChI is InChI=1S/C14H16N2OS/c1-18-13-7-6-12(8-13)16-14(17)11-4-2-10(9-15)3-5-11/h2-5,12-13H,6-8H2,1H3,(H,16,17). The molecule has 0 aromatic heterocycles. The molecule has 0 heterocycles. The lowest BCUT2D eigenvalue weighted by molar-refractivity contribution is 0.0938. The van der Waals surface area contributed by atoms with Crippen LogP contribution in [0.1, 0.15) is 35.2 Å². The third-order valence-electron chi connectivity index (χ3n) is 3.33. The van der Waals surface area contributed by atoms with Gasteiger partial charge in [0, 0.05) is 16.9 Å². The molecule has 1 fully saturated rings. The van der Waals surface area contributed by atoms with Gasteiger partial charge >= 0.3 is 0 Å². The summed E-state index contributed by atoms with van der Waals surface area (Å²) in [6, 6.07) is 9.10. The topological polar surface area (TPSA) is 52.9 Å². The summed E-state index contributed by atoms with van der Waals surface area (Å²) < 4.78 is 0. The van der Waals surface area contributed by atoms with E-state index >= 15 is 0 Å². The molecule has 94 valence electrons. The van der Waals surface area contributed by atoms with Crippen LogP contribution in [0.3, 0.4) is 0 Å². The first kappa shape index (κ1) is 13.0. The van der Waals surface area contributed by atoms with Crippen molar-refractivity contribution < 1.29 is 4.79 Å². The van der Waals surface area contributed by atoms with Crippen LogP contribution in [-0.2, 0) is 0 Å². The van der Waals surface area contributed by atoms with Crippen molar-refractivity contribution in [2.45, 2.75) is 30.6 Å². The number of benzene rings is 1. The minimum Gasteiger partial charge on any atom is -0.349 e. The number of carbonyl (C=O) groups is 1. The number of amides is 1. The molecule has 1 amide bonds. The quantitative estimate of drug-likeness (QED) is 0.908. The fourth-order valence-corrected chi connectivity index (χ4v) is 3.05. The molecule has 0 radical (unpaired) electrons. The Morgan fingerprint density at radius 3 is 2.67 bits per heavy atom. The molecular weight excluding hydrogens is 244 g/mol. The Hall–Kier alpha value is -1.47. The van der Waals surface area contributed by atoms with Gasteiger partial charge in [-0.05, 0) is 49.8 Å². The second-order valence-corrected chi connectivity index (χ2v) is 5.67. The van der Waals surface area contributed by atoms with Crippen molar-refractivity contribution in [3.63, 3.8) is 0 Å². The zero-order chi connectivity index (χ0) is 13.0. The minimum atomic E-state index is -0.0359. The van der Waals surface area contributed by atoms with Crippen LogP contribution in [0.15, 0.2) is 24.3 Å². The number of hydrogen-bond acceptors (Lipinski definition) is 3. The van der Waals surface area contributed by atoms with Crippen molar-refractivity contribution in [2.24, 2.45) is 0 Å². The molecule has 1 saturated carbocycles. The molecule has 2 unspecified atom stereocenters. The lowest BCUT2D eigenvalue weighted by Gasteiger charge is -2.12. The molecule has 1 aromatic carbocycles. The number of carbonyl (C=O) groups excluding carboxylic acids is 1. The zero-order valence-corrected chi connectivity index (χ0v) is 11.2. The number of nitriles is 1. The molecule has 0 saturated heterocycles. The van der Waals surface area contributed by atoms with Gasteiger partial charge in [0.25, 0.3) is 5.91 Å². The Labute approximate surface area is 112 Å². The van der Waals surface area contributed by atoms with E-state index in [4.69, 9.17) is 5.26 Å². The first-order chi connectivity index (χ1) is 8.72. The Balaban J connectivity index is 1.93. The molecule has 2 atom stereocenters. The molecule has 3 nitrogen and oxygen atoms in total. The SMILES string of the molecule is CSC1CCC(NC(=O)c2ccc(C#N)cc2)C1. The van der Waals surface area contributed by atoms with E-state index in [1.165, 1.54) is 6.42 Å². The highest BCUT2D eigenvalue weighted by molar-refractivity contribution is 7.99. The summed E-state index contributed by atoms with van der Waals surface area (Å²) in [6.07, 6.45) is 5.42. The van der Waals surface area contributed by atoms with Gasteiger partial charge in [0.2, 0.25) is 0 Å². The Morgan fingerprint density at radius 2 is 2.11 bits per heavy atom. The molecule has 2 rings (SSSR count). The first-order valence-electron chi connectivity index (χ1n) is 6.06. The fourth-order valence-electron chi connectivity index (χ4n) is 2.25. The third-order valence-corrected chi connectivity index (χ3v) is 4.42. The Kier molecular flexibility index (Phi) is 4.27. The molecule has 4 heteroatoms. The number of thioether (sulfide) groups is 1. The van der Waals surface area contributed by atoms with E-state index in [9.17, 15) is 4.79 Å². The van der Waals surface area contributed by atoms with Crippen LogP contribution in [0.2, 0.25) is 0 Å². The van der Waals surface area contributed by atoms with Crippen LogP contribution in [0.4, 0.5) is 0 Å². The summed E-state index contributed by atoms with van der Waals surface area (Å²) in [5, 5.41) is 12.4. The van der Waals surface area contributed by atoms with Crippen molar-refractivity contribution >= 4 is 17.7 Å².